The predicted octanol–water partition coefficient (Wildman–Crippen LogP) is 2.96. The summed E-state index contributed by atoms with van der Waals surface area (Å²) in [6.45, 7) is 2.97. The molecule has 0 saturated heterocycles. The van der Waals surface area contributed by atoms with Gasteiger partial charge in [0.05, 0.1) is 5.56 Å². The number of furan rings is 1. The fourth-order valence-corrected chi connectivity index (χ4v) is 2.12. The summed E-state index contributed by atoms with van der Waals surface area (Å²) in [5, 5.41) is 2.93. The molecule has 0 aliphatic heterocycles. The van der Waals surface area contributed by atoms with Gasteiger partial charge in [0.15, 0.2) is 4.67 Å². The summed E-state index contributed by atoms with van der Waals surface area (Å²) in [5.41, 5.74) is 0.890. The first kappa shape index (κ1) is 10.7. The molecule has 1 saturated carbocycles. The molecule has 0 aromatic carbocycles. The minimum absolute atomic E-state index is 0.0578. The molecule has 1 aromatic heterocycles. The number of carbonyl (C=O) groups excluding carboxylic acids is 1. The highest BCUT2D eigenvalue weighted by atomic mass is 79.9. The summed E-state index contributed by atoms with van der Waals surface area (Å²) in [7, 11) is 0. The Bertz CT molecular complexity index is 368. The van der Waals surface area contributed by atoms with Gasteiger partial charge in [0, 0.05) is 12.6 Å². The molecule has 0 spiro atoms. The lowest BCUT2D eigenvalue weighted by atomic mass is 9.70. The van der Waals surface area contributed by atoms with Gasteiger partial charge < -0.3 is 9.73 Å². The van der Waals surface area contributed by atoms with Gasteiger partial charge in [-0.3, -0.25) is 4.79 Å². The number of hydrogen-bond donors (Lipinski definition) is 1. The van der Waals surface area contributed by atoms with Crippen molar-refractivity contribution in [2.24, 2.45) is 5.41 Å². The normalized spacial score (nSPS) is 18.3. The first-order valence-corrected chi connectivity index (χ1v) is 5.91. The quantitative estimate of drug-likeness (QED) is 0.919. The van der Waals surface area contributed by atoms with E-state index < -0.39 is 0 Å². The molecule has 2 rings (SSSR count). The number of hydrogen-bond acceptors (Lipinski definition) is 2. The van der Waals surface area contributed by atoms with Crippen molar-refractivity contribution in [3.63, 3.8) is 0 Å². The van der Waals surface area contributed by atoms with Crippen LogP contribution in [-0.4, -0.2) is 12.5 Å². The fourth-order valence-electron chi connectivity index (χ4n) is 1.78. The van der Waals surface area contributed by atoms with Gasteiger partial charge in [0.25, 0.3) is 5.91 Å². The number of rotatable bonds is 3. The predicted molar refractivity (Wildman–Crippen MR) is 60.7 cm³/mol. The zero-order chi connectivity index (χ0) is 10.9. The van der Waals surface area contributed by atoms with E-state index in [0.29, 0.717) is 15.6 Å². The third-order valence-corrected chi connectivity index (χ3v) is 3.48. The molecule has 15 heavy (non-hydrogen) atoms. The zero-order valence-corrected chi connectivity index (χ0v) is 10.3. The van der Waals surface area contributed by atoms with E-state index in [1.807, 2.05) is 0 Å². The van der Waals surface area contributed by atoms with E-state index in [-0.39, 0.29) is 5.91 Å². The Balaban J connectivity index is 1.87. The van der Waals surface area contributed by atoms with Crippen LogP contribution in [0.25, 0.3) is 0 Å². The molecule has 0 bridgehead atoms. The SMILES string of the molecule is CC1(CNC(=O)c2coc(Br)c2)CCC1. The van der Waals surface area contributed by atoms with Gasteiger partial charge in [-0.1, -0.05) is 13.3 Å². The molecule has 1 amide bonds. The van der Waals surface area contributed by atoms with Crippen LogP contribution in [0.4, 0.5) is 0 Å². The van der Waals surface area contributed by atoms with E-state index in [0.717, 1.165) is 6.54 Å². The zero-order valence-electron chi connectivity index (χ0n) is 8.68. The molecule has 1 heterocycles. The third-order valence-electron chi connectivity index (χ3n) is 3.07. The van der Waals surface area contributed by atoms with Crippen molar-refractivity contribution in [2.75, 3.05) is 6.54 Å². The van der Waals surface area contributed by atoms with Crippen molar-refractivity contribution in [1.82, 2.24) is 5.32 Å². The molecule has 1 aromatic rings. The molecule has 1 aliphatic carbocycles. The van der Waals surface area contributed by atoms with E-state index in [2.05, 4.69) is 28.2 Å². The maximum absolute atomic E-state index is 11.7. The molecule has 0 unspecified atom stereocenters. The summed E-state index contributed by atoms with van der Waals surface area (Å²) in [4.78, 5) is 11.7. The molecule has 0 radical (unpaired) electrons. The summed E-state index contributed by atoms with van der Waals surface area (Å²) < 4.78 is 5.60. The monoisotopic (exact) mass is 271 g/mol. The number of amides is 1. The Morgan fingerprint density at radius 1 is 1.67 bits per heavy atom. The standard InChI is InChI=1S/C11H14BrNO2/c1-11(3-2-4-11)7-13-10(14)8-5-9(12)15-6-8/h5-6H,2-4,7H2,1H3,(H,13,14). The summed E-state index contributed by atoms with van der Waals surface area (Å²) in [6, 6.07) is 1.68. The highest BCUT2D eigenvalue weighted by Gasteiger charge is 2.31. The van der Waals surface area contributed by atoms with Gasteiger partial charge in [0.1, 0.15) is 6.26 Å². The molecule has 4 heteroatoms. The molecular weight excluding hydrogens is 258 g/mol. The van der Waals surface area contributed by atoms with Gasteiger partial charge in [-0.25, -0.2) is 0 Å². The van der Waals surface area contributed by atoms with Gasteiger partial charge >= 0.3 is 0 Å². The van der Waals surface area contributed by atoms with Crippen molar-refractivity contribution in [3.8, 4) is 0 Å². The van der Waals surface area contributed by atoms with Crippen LogP contribution in [0.3, 0.4) is 0 Å². The van der Waals surface area contributed by atoms with Crippen molar-refractivity contribution in [2.45, 2.75) is 26.2 Å². The Kier molecular flexibility index (Phi) is 2.87. The topological polar surface area (TPSA) is 42.2 Å². The Morgan fingerprint density at radius 2 is 2.40 bits per heavy atom. The highest BCUT2D eigenvalue weighted by Crippen LogP contribution is 2.39. The molecule has 82 valence electrons. The first-order valence-electron chi connectivity index (χ1n) is 5.11. The van der Waals surface area contributed by atoms with Crippen molar-refractivity contribution >= 4 is 21.8 Å². The Labute approximate surface area is 97.4 Å². The van der Waals surface area contributed by atoms with Crippen molar-refractivity contribution in [1.29, 1.82) is 0 Å². The van der Waals surface area contributed by atoms with Crippen LogP contribution in [-0.2, 0) is 0 Å². The fraction of sp³-hybridized carbons (Fsp3) is 0.545. The van der Waals surface area contributed by atoms with Crippen molar-refractivity contribution in [3.05, 3.63) is 22.6 Å². The van der Waals surface area contributed by atoms with Crippen LogP contribution >= 0.6 is 15.9 Å². The molecule has 1 N–H and O–H groups in total. The number of nitrogens with one attached hydrogen (secondary N) is 1. The van der Waals surface area contributed by atoms with Crippen LogP contribution in [0.2, 0.25) is 0 Å². The van der Waals surface area contributed by atoms with Gasteiger partial charge in [-0.05, 0) is 34.2 Å². The molecule has 1 aliphatic rings. The minimum atomic E-state index is -0.0578. The third kappa shape index (κ3) is 2.43. The van der Waals surface area contributed by atoms with Crippen LogP contribution in [0, 0.1) is 5.41 Å². The second-order valence-corrected chi connectivity index (χ2v) is 5.27. The summed E-state index contributed by atoms with van der Waals surface area (Å²) >= 11 is 3.17. The highest BCUT2D eigenvalue weighted by molar-refractivity contribution is 9.10. The molecule has 1 fully saturated rings. The lowest BCUT2D eigenvalue weighted by Crippen LogP contribution is -2.39. The molecule has 0 atom stereocenters. The number of halogens is 1. The maximum atomic E-state index is 11.7. The van der Waals surface area contributed by atoms with Gasteiger partial charge in [-0.2, -0.15) is 0 Å². The van der Waals surface area contributed by atoms with E-state index >= 15 is 0 Å². The van der Waals surface area contributed by atoms with Crippen LogP contribution < -0.4 is 5.32 Å². The molecular formula is C11H14BrNO2. The van der Waals surface area contributed by atoms with E-state index in [1.54, 1.807) is 6.07 Å². The lowest BCUT2D eigenvalue weighted by molar-refractivity contribution is 0.0890. The van der Waals surface area contributed by atoms with Crippen LogP contribution in [0.1, 0.15) is 36.5 Å². The summed E-state index contributed by atoms with van der Waals surface area (Å²) in [6.07, 6.45) is 5.16. The van der Waals surface area contributed by atoms with Crippen molar-refractivity contribution < 1.29 is 9.21 Å². The smallest absolute Gasteiger partial charge is 0.254 e. The second kappa shape index (κ2) is 4.00. The summed E-state index contributed by atoms with van der Waals surface area (Å²) in [5.74, 6) is -0.0578. The average molecular weight is 272 g/mol. The van der Waals surface area contributed by atoms with E-state index in [4.69, 9.17) is 4.42 Å². The first-order chi connectivity index (χ1) is 7.09. The largest absolute Gasteiger partial charge is 0.457 e. The maximum Gasteiger partial charge on any atom is 0.254 e. The second-order valence-electron chi connectivity index (χ2n) is 4.49. The Morgan fingerprint density at radius 3 is 2.87 bits per heavy atom. The van der Waals surface area contributed by atoms with E-state index in [9.17, 15) is 4.79 Å². The minimum Gasteiger partial charge on any atom is -0.457 e. The number of carbonyl (C=O) groups is 1. The van der Waals surface area contributed by atoms with E-state index in [1.165, 1.54) is 25.5 Å². The Hall–Kier alpha value is -0.770. The lowest BCUT2D eigenvalue weighted by Gasteiger charge is -2.38. The van der Waals surface area contributed by atoms with Crippen LogP contribution in [0.5, 0.6) is 0 Å². The average Bonchev–Trinajstić information content (AvgIpc) is 2.58. The van der Waals surface area contributed by atoms with Crippen LogP contribution in [0.15, 0.2) is 21.4 Å². The van der Waals surface area contributed by atoms with Gasteiger partial charge in [-0.15, -0.1) is 0 Å². The molecule has 3 nitrogen and oxygen atoms in total. The van der Waals surface area contributed by atoms with Gasteiger partial charge in [0.2, 0.25) is 0 Å².